The zero-order valence-electron chi connectivity index (χ0n) is 20.0. The normalized spacial score (nSPS) is 12.1. The highest BCUT2D eigenvalue weighted by Crippen LogP contribution is 2.26. The fourth-order valence-corrected chi connectivity index (χ4v) is 3.82. The summed E-state index contributed by atoms with van der Waals surface area (Å²) in [6.45, 7) is 0. The molecule has 0 bridgehead atoms. The SMILES string of the molecule is NNC(=O)C(Cc1ccc(C(=O)O)c(CC(Oc2ccccc2)C(=O)NN)c1C(=O)O)Oc1ccccc1. The number of nitrogens with two attached hydrogens (primary N) is 2. The Morgan fingerprint density at radius 1 is 0.684 bits per heavy atom. The van der Waals surface area contributed by atoms with E-state index >= 15 is 0 Å². The highest BCUT2D eigenvalue weighted by Gasteiger charge is 2.31. The number of nitrogens with one attached hydrogen (secondary N) is 2. The standard InChI is InChI=1S/C26H26N4O8/c27-29-23(31)20(37-16-7-3-1-4-8-16)13-15-11-12-18(25(33)34)19(22(15)26(35)36)14-21(24(32)30-28)38-17-9-5-2-6-10-17/h1-12,20-21H,13-14,27-28H2,(H,29,31)(H,30,32)(H,33,34)(H,35,36). The second-order valence-corrected chi connectivity index (χ2v) is 8.00. The molecule has 2 unspecified atom stereocenters. The van der Waals surface area contributed by atoms with Crippen LogP contribution in [0.25, 0.3) is 0 Å². The molecule has 3 aromatic carbocycles. The number of rotatable bonds is 12. The maximum absolute atomic E-state index is 12.5. The van der Waals surface area contributed by atoms with E-state index in [9.17, 15) is 29.4 Å². The number of aromatic carboxylic acids is 2. The Bertz CT molecular complexity index is 1300. The molecule has 0 aromatic heterocycles. The highest BCUT2D eigenvalue weighted by molar-refractivity contribution is 5.98. The summed E-state index contributed by atoms with van der Waals surface area (Å²) >= 11 is 0. The molecular formula is C26H26N4O8. The van der Waals surface area contributed by atoms with E-state index in [1.807, 2.05) is 10.9 Å². The minimum Gasteiger partial charge on any atom is -0.480 e. The zero-order valence-corrected chi connectivity index (χ0v) is 20.0. The van der Waals surface area contributed by atoms with Gasteiger partial charge in [0.1, 0.15) is 11.5 Å². The van der Waals surface area contributed by atoms with Crippen molar-refractivity contribution < 1.29 is 38.9 Å². The Hall–Kier alpha value is -4.94. The lowest BCUT2D eigenvalue weighted by Crippen LogP contribution is -2.44. The average Bonchev–Trinajstić information content (AvgIpc) is 2.92. The molecule has 0 aliphatic carbocycles. The second kappa shape index (κ2) is 12.9. The topological polar surface area (TPSA) is 203 Å². The molecule has 3 aromatic rings. The van der Waals surface area contributed by atoms with Gasteiger partial charge in [0.25, 0.3) is 11.8 Å². The van der Waals surface area contributed by atoms with Crippen LogP contribution in [-0.4, -0.2) is 46.2 Å². The van der Waals surface area contributed by atoms with Gasteiger partial charge in [0.2, 0.25) is 0 Å². The summed E-state index contributed by atoms with van der Waals surface area (Å²) in [4.78, 5) is 49.5. The third-order valence-electron chi connectivity index (χ3n) is 5.55. The number of benzene rings is 3. The lowest BCUT2D eigenvalue weighted by Gasteiger charge is -2.22. The molecule has 2 amide bonds. The van der Waals surface area contributed by atoms with Crippen molar-refractivity contribution in [3.05, 3.63) is 95.1 Å². The van der Waals surface area contributed by atoms with E-state index in [1.165, 1.54) is 12.1 Å². The Labute approximate surface area is 217 Å². The van der Waals surface area contributed by atoms with Gasteiger partial charge in [-0.1, -0.05) is 42.5 Å². The first-order valence-corrected chi connectivity index (χ1v) is 11.3. The van der Waals surface area contributed by atoms with Gasteiger partial charge in [-0.05, 0) is 41.5 Å². The fourth-order valence-electron chi connectivity index (χ4n) is 3.82. The van der Waals surface area contributed by atoms with Crippen LogP contribution in [-0.2, 0) is 22.4 Å². The Kier molecular flexibility index (Phi) is 9.35. The van der Waals surface area contributed by atoms with Gasteiger partial charge in [0.15, 0.2) is 12.2 Å². The van der Waals surface area contributed by atoms with E-state index in [4.69, 9.17) is 21.2 Å². The van der Waals surface area contributed by atoms with Gasteiger partial charge in [-0.25, -0.2) is 21.3 Å². The number of carbonyl (C=O) groups is 4. The summed E-state index contributed by atoms with van der Waals surface area (Å²) in [6.07, 6.45) is -3.37. The molecular weight excluding hydrogens is 496 g/mol. The Balaban J connectivity index is 2.07. The van der Waals surface area contributed by atoms with Crippen LogP contribution in [0.2, 0.25) is 0 Å². The Morgan fingerprint density at radius 2 is 1.16 bits per heavy atom. The van der Waals surface area contributed by atoms with Crippen LogP contribution in [0, 0.1) is 0 Å². The molecule has 0 radical (unpaired) electrons. The molecule has 12 heteroatoms. The number of hydrazine groups is 2. The van der Waals surface area contributed by atoms with Crippen LogP contribution < -0.4 is 32.0 Å². The molecule has 0 aliphatic heterocycles. The number of carboxylic acids is 2. The van der Waals surface area contributed by atoms with Crippen molar-refractivity contribution in [2.45, 2.75) is 25.0 Å². The van der Waals surface area contributed by atoms with Gasteiger partial charge in [-0.3, -0.25) is 20.4 Å². The molecule has 0 aliphatic rings. The number of hydrogen-bond acceptors (Lipinski definition) is 8. The number of carbonyl (C=O) groups excluding carboxylic acids is 2. The summed E-state index contributed by atoms with van der Waals surface area (Å²) in [5.41, 5.74) is 3.05. The van der Waals surface area contributed by atoms with Crippen LogP contribution in [0.4, 0.5) is 0 Å². The molecule has 0 saturated carbocycles. The molecule has 8 N–H and O–H groups in total. The van der Waals surface area contributed by atoms with E-state index in [2.05, 4.69) is 0 Å². The predicted octanol–water partition coefficient (Wildman–Crippen LogP) is 1.04. The van der Waals surface area contributed by atoms with Crippen LogP contribution in [0.1, 0.15) is 31.8 Å². The average molecular weight is 523 g/mol. The van der Waals surface area contributed by atoms with Crippen molar-refractivity contribution in [2.24, 2.45) is 11.7 Å². The molecule has 0 saturated heterocycles. The van der Waals surface area contributed by atoms with Gasteiger partial charge in [-0.15, -0.1) is 0 Å². The monoisotopic (exact) mass is 522 g/mol. The van der Waals surface area contributed by atoms with E-state index in [0.29, 0.717) is 5.75 Å². The third-order valence-corrected chi connectivity index (χ3v) is 5.55. The first-order valence-electron chi connectivity index (χ1n) is 11.3. The van der Waals surface area contributed by atoms with Gasteiger partial charge in [0.05, 0.1) is 11.1 Å². The molecule has 12 nitrogen and oxygen atoms in total. The van der Waals surface area contributed by atoms with E-state index in [0.717, 1.165) is 0 Å². The zero-order chi connectivity index (χ0) is 27.7. The third kappa shape index (κ3) is 6.84. The minimum absolute atomic E-state index is 0.0775. The summed E-state index contributed by atoms with van der Waals surface area (Å²) in [5, 5.41) is 19.9. The molecule has 0 fully saturated rings. The van der Waals surface area contributed by atoms with Crippen molar-refractivity contribution in [2.75, 3.05) is 0 Å². The minimum atomic E-state index is -1.48. The number of para-hydroxylation sites is 2. The lowest BCUT2D eigenvalue weighted by atomic mass is 9.89. The van der Waals surface area contributed by atoms with Crippen LogP contribution in [0.15, 0.2) is 72.8 Å². The quantitative estimate of drug-likeness (QED) is 0.113. The summed E-state index contributed by atoms with van der Waals surface area (Å²) in [6, 6.07) is 19.0. The van der Waals surface area contributed by atoms with Gasteiger partial charge in [0, 0.05) is 12.8 Å². The number of amides is 2. The van der Waals surface area contributed by atoms with Crippen LogP contribution in [0.3, 0.4) is 0 Å². The smallest absolute Gasteiger partial charge is 0.336 e. The fraction of sp³-hybridized carbons (Fsp3) is 0.154. The number of ether oxygens (including phenoxy) is 2. The molecule has 0 heterocycles. The molecule has 0 spiro atoms. The van der Waals surface area contributed by atoms with Crippen molar-refractivity contribution in [3.63, 3.8) is 0 Å². The Morgan fingerprint density at radius 3 is 1.58 bits per heavy atom. The van der Waals surface area contributed by atoms with Crippen molar-refractivity contribution in [3.8, 4) is 11.5 Å². The molecule has 198 valence electrons. The van der Waals surface area contributed by atoms with Gasteiger partial charge in [-0.2, -0.15) is 0 Å². The first-order chi connectivity index (χ1) is 18.2. The van der Waals surface area contributed by atoms with Crippen molar-refractivity contribution >= 4 is 23.8 Å². The van der Waals surface area contributed by atoms with Crippen molar-refractivity contribution in [1.82, 2.24) is 10.9 Å². The maximum Gasteiger partial charge on any atom is 0.336 e. The summed E-state index contributed by atoms with van der Waals surface area (Å²) < 4.78 is 11.4. The predicted molar refractivity (Wildman–Crippen MR) is 134 cm³/mol. The highest BCUT2D eigenvalue weighted by atomic mass is 16.5. The molecule has 3 rings (SSSR count). The van der Waals surface area contributed by atoms with Crippen LogP contribution >= 0.6 is 0 Å². The van der Waals surface area contributed by atoms with Crippen LogP contribution in [0.5, 0.6) is 11.5 Å². The number of carboxylic acid groups (broad SMARTS) is 2. The summed E-state index contributed by atoms with van der Waals surface area (Å²) in [7, 11) is 0. The van der Waals surface area contributed by atoms with E-state index in [-0.39, 0.29) is 28.9 Å². The molecule has 2 atom stereocenters. The van der Waals surface area contributed by atoms with Crippen molar-refractivity contribution in [1.29, 1.82) is 0 Å². The second-order valence-electron chi connectivity index (χ2n) is 8.00. The summed E-state index contributed by atoms with van der Waals surface area (Å²) in [5.74, 6) is 6.80. The largest absolute Gasteiger partial charge is 0.480 e. The first kappa shape index (κ1) is 27.6. The van der Waals surface area contributed by atoms with E-state index in [1.54, 1.807) is 60.7 Å². The lowest BCUT2D eigenvalue weighted by molar-refractivity contribution is -0.128. The van der Waals surface area contributed by atoms with E-state index < -0.39 is 47.9 Å². The van der Waals surface area contributed by atoms with Gasteiger partial charge >= 0.3 is 11.9 Å². The number of hydrogen-bond donors (Lipinski definition) is 6. The molecule has 38 heavy (non-hydrogen) atoms. The maximum atomic E-state index is 12.5. The van der Waals surface area contributed by atoms with Gasteiger partial charge < -0.3 is 19.7 Å².